The lowest BCUT2D eigenvalue weighted by Crippen LogP contribution is -2.27. The van der Waals surface area contributed by atoms with Gasteiger partial charge in [0.05, 0.1) is 6.04 Å². The number of rotatable bonds is 6. The van der Waals surface area contributed by atoms with E-state index < -0.39 is 0 Å². The molecule has 0 unspecified atom stereocenters. The summed E-state index contributed by atoms with van der Waals surface area (Å²) in [6.45, 7) is 2.41. The van der Waals surface area contributed by atoms with Gasteiger partial charge in [0, 0.05) is 5.56 Å². The van der Waals surface area contributed by atoms with E-state index in [-0.39, 0.29) is 17.8 Å². The zero-order valence-corrected chi connectivity index (χ0v) is 12.6. The molecule has 2 aromatic rings. The molecule has 0 fully saturated rings. The average molecular weight is 304 g/mol. The molecular formula is C17H18ClNO2. The smallest absolute Gasteiger partial charge is 0.235 e. The molecule has 0 saturated carbocycles. The topological polar surface area (TPSA) is 38.3 Å². The average Bonchev–Trinajstić information content (AvgIpc) is 2.54. The standard InChI is InChI=1S/C17H18ClNO2/c1-13(19-17(20)11-18)15-9-5-6-10-16(15)21-12-14-7-3-2-4-8-14/h2-10,13H,11-12H2,1H3,(H,19,20)/t13-/m1/s1. The van der Waals surface area contributed by atoms with E-state index in [2.05, 4.69) is 5.32 Å². The molecule has 0 saturated heterocycles. The van der Waals surface area contributed by atoms with Crippen molar-refractivity contribution in [2.24, 2.45) is 0 Å². The van der Waals surface area contributed by atoms with Gasteiger partial charge in [-0.3, -0.25) is 4.79 Å². The molecule has 1 N–H and O–H groups in total. The number of ether oxygens (including phenoxy) is 1. The van der Waals surface area contributed by atoms with Crippen LogP contribution in [0.5, 0.6) is 5.75 Å². The quantitative estimate of drug-likeness (QED) is 0.827. The molecule has 0 aliphatic heterocycles. The van der Waals surface area contributed by atoms with Crippen LogP contribution >= 0.6 is 11.6 Å². The third kappa shape index (κ3) is 4.50. The number of carbonyl (C=O) groups is 1. The number of hydrogen-bond donors (Lipinski definition) is 1. The first kappa shape index (κ1) is 15.4. The predicted molar refractivity (Wildman–Crippen MR) is 84.5 cm³/mol. The minimum atomic E-state index is -0.193. The van der Waals surface area contributed by atoms with E-state index >= 15 is 0 Å². The van der Waals surface area contributed by atoms with E-state index in [0.717, 1.165) is 16.9 Å². The number of halogens is 1. The molecule has 0 aliphatic rings. The van der Waals surface area contributed by atoms with E-state index in [1.54, 1.807) is 0 Å². The highest BCUT2D eigenvalue weighted by molar-refractivity contribution is 6.27. The first-order chi connectivity index (χ1) is 10.2. The van der Waals surface area contributed by atoms with Crippen LogP contribution in [0.2, 0.25) is 0 Å². The summed E-state index contributed by atoms with van der Waals surface area (Å²) in [7, 11) is 0. The van der Waals surface area contributed by atoms with Crippen molar-refractivity contribution >= 4 is 17.5 Å². The van der Waals surface area contributed by atoms with Crippen LogP contribution < -0.4 is 10.1 Å². The van der Waals surface area contributed by atoms with E-state index in [0.29, 0.717) is 6.61 Å². The predicted octanol–water partition coefficient (Wildman–Crippen LogP) is 3.68. The number of para-hydroxylation sites is 1. The molecule has 2 rings (SSSR count). The van der Waals surface area contributed by atoms with E-state index in [1.807, 2.05) is 61.5 Å². The second-order valence-corrected chi connectivity index (χ2v) is 5.00. The van der Waals surface area contributed by atoms with Crippen LogP contribution in [0.25, 0.3) is 0 Å². The Labute approximate surface area is 129 Å². The molecule has 0 heterocycles. The number of alkyl halides is 1. The summed E-state index contributed by atoms with van der Waals surface area (Å²) in [6, 6.07) is 17.5. The summed E-state index contributed by atoms with van der Waals surface area (Å²) in [5.74, 6) is 0.531. The Morgan fingerprint density at radius 2 is 1.81 bits per heavy atom. The van der Waals surface area contributed by atoms with Crippen LogP contribution in [0.3, 0.4) is 0 Å². The lowest BCUT2D eigenvalue weighted by atomic mass is 10.1. The van der Waals surface area contributed by atoms with Crippen LogP contribution in [-0.4, -0.2) is 11.8 Å². The minimum Gasteiger partial charge on any atom is -0.489 e. The zero-order valence-electron chi connectivity index (χ0n) is 11.9. The molecule has 0 spiro atoms. The summed E-state index contributed by atoms with van der Waals surface area (Å²) in [5.41, 5.74) is 2.04. The Morgan fingerprint density at radius 1 is 1.14 bits per heavy atom. The highest BCUT2D eigenvalue weighted by Crippen LogP contribution is 2.25. The van der Waals surface area contributed by atoms with Gasteiger partial charge in [-0.05, 0) is 18.6 Å². The van der Waals surface area contributed by atoms with Crippen LogP contribution in [0.15, 0.2) is 54.6 Å². The van der Waals surface area contributed by atoms with Crippen LogP contribution in [0.1, 0.15) is 24.1 Å². The van der Waals surface area contributed by atoms with Crippen molar-refractivity contribution in [2.75, 3.05) is 5.88 Å². The molecule has 0 aromatic heterocycles. The Balaban J connectivity index is 2.07. The molecular weight excluding hydrogens is 286 g/mol. The second-order valence-electron chi connectivity index (χ2n) is 4.73. The van der Waals surface area contributed by atoms with Gasteiger partial charge in [0.25, 0.3) is 0 Å². The minimum absolute atomic E-state index is 0.0443. The monoisotopic (exact) mass is 303 g/mol. The van der Waals surface area contributed by atoms with Gasteiger partial charge in [-0.2, -0.15) is 0 Å². The Bertz CT molecular complexity index is 586. The first-order valence-electron chi connectivity index (χ1n) is 6.81. The Hall–Kier alpha value is -2.00. The number of amides is 1. The highest BCUT2D eigenvalue weighted by Gasteiger charge is 2.13. The maximum Gasteiger partial charge on any atom is 0.235 e. The van der Waals surface area contributed by atoms with Crippen molar-refractivity contribution < 1.29 is 9.53 Å². The summed E-state index contributed by atoms with van der Waals surface area (Å²) in [4.78, 5) is 11.4. The molecule has 1 atom stereocenters. The summed E-state index contributed by atoms with van der Waals surface area (Å²) < 4.78 is 5.88. The van der Waals surface area contributed by atoms with Crippen molar-refractivity contribution in [3.63, 3.8) is 0 Å². The van der Waals surface area contributed by atoms with E-state index in [9.17, 15) is 4.79 Å². The number of nitrogens with one attached hydrogen (secondary N) is 1. The SMILES string of the molecule is C[C@@H](NC(=O)CCl)c1ccccc1OCc1ccccc1. The summed E-state index contributed by atoms with van der Waals surface area (Å²) in [6.07, 6.45) is 0. The Kier molecular flexibility index (Phi) is 5.64. The molecule has 3 nitrogen and oxygen atoms in total. The molecule has 1 amide bonds. The molecule has 4 heteroatoms. The van der Waals surface area contributed by atoms with Crippen molar-refractivity contribution in [3.8, 4) is 5.75 Å². The number of carbonyl (C=O) groups excluding carboxylic acids is 1. The molecule has 2 aromatic carbocycles. The molecule has 0 aliphatic carbocycles. The zero-order chi connectivity index (χ0) is 15.1. The fraction of sp³-hybridized carbons (Fsp3) is 0.235. The van der Waals surface area contributed by atoms with Crippen molar-refractivity contribution in [1.29, 1.82) is 0 Å². The van der Waals surface area contributed by atoms with Gasteiger partial charge in [-0.1, -0.05) is 48.5 Å². The van der Waals surface area contributed by atoms with Crippen molar-refractivity contribution in [1.82, 2.24) is 5.32 Å². The van der Waals surface area contributed by atoms with Crippen molar-refractivity contribution in [3.05, 3.63) is 65.7 Å². The highest BCUT2D eigenvalue weighted by atomic mass is 35.5. The maximum absolute atomic E-state index is 11.4. The van der Waals surface area contributed by atoms with Gasteiger partial charge >= 0.3 is 0 Å². The third-order valence-corrected chi connectivity index (χ3v) is 3.36. The van der Waals surface area contributed by atoms with Gasteiger partial charge in [0.1, 0.15) is 18.2 Å². The molecule has 110 valence electrons. The van der Waals surface area contributed by atoms with Gasteiger partial charge in [0.15, 0.2) is 0 Å². The summed E-state index contributed by atoms with van der Waals surface area (Å²) in [5, 5.41) is 2.83. The fourth-order valence-electron chi connectivity index (χ4n) is 2.06. The van der Waals surface area contributed by atoms with Gasteiger partial charge in [0.2, 0.25) is 5.91 Å². The van der Waals surface area contributed by atoms with Crippen LogP contribution in [0, 0.1) is 0 Å². The number of benzene rings is 2. The summed E-state index contributed by atoms with van der Waals surface area (Å²) >= 11 is 5.52. The molecule has 21 heavy (non-hydrogen) atoms. The van der Waals surface area contributed by atoms with Gasteiger partial charge in [-0.25, -0.2) is 0 Å². The van der Waals surface area contributed by atoms with Crippen LogP contribution in [0.4, 0.5) is 0 Å². The lowest BCUT2D eigenvalue weighted by molar-refractivity contribution is -0.119. The second kappa shape index (κ2) is 7.70. The van der Waals surface area contributed by atoms with Crippen LogP contribution in [-0.2, 0) is 11.4 Å². The largest absolute Gasteiger partial charge is 0.489 e. The molecule has 0 bridgehead atoms. The fourth-order valence-corrected chi connectivity index (χ4v) is 2.14. The maximum atomic E-state index is 11.4. The van der Waals surface area contributed by atoms with Gasteiger partial charge < -0.3 is 10.1 Å². The third-order valence-electron chi connectivity index (χ3n) is 3.12. The van der Waals surface area contributed by atoms with E-state index in [1.165, 1.54) is 0 Å². The molecule has 0 radical (unpaired) electrons. The first-order valence-corrected chi connectivity index (χ1v) is 7.35. The van der Waals surface area contributed by atoms with Crippen molar-refractivity contribution in [2.45, 2.75) is 19.6 Å². The lowest BCUT2D eigenvalue weighted by Gasteiger charge is -2.18. The normalized spacial score (nSPS) is 11.7. The van der Waals surface area contributed by atoms with Gasteiger partial charge in [-0.15, -0.1) is 11.6 Å². The number of hydrogen-bond acceptors (Lipinski definition) is 2. The van der Waals surface area contributed by atoms with E-state index in [4.69, 9.17) is 16.3 Å². The Morgan fingerprint density at radius 3 is 2.52 bits per heavy atom.